The maximum atomic E-state index is 12.9. The molecule has 0 radical (unpaired) electrons. The van der Waals surface area contributed by atoms with Gasteiger partial charge in [-0.15, -0.1) is 0 Å². The Bertz CT molecular complexity index is 294. The third-order valence-corrected chi connectivity index (χ3v) is 4.45. The molecular formula is C17H35N3O. The van der Waals surface area contributed by atoms with Gasteiger partial charge in [0.2, 0.25) is 5.91 Å². The molecule has 4 heteroatoms. The lowest BCUT2D eigenvalue weighted by Crippen LogP contribution is -2.52. The molecule has 1 rings (SSSR count). The topological polar surface area (TPSA) is 44.4 Å². The standard InChI is InChI=1S/C17H35N3O/c1-6-7-17(8-10-18-11-9-17)16(21)19-15(12-14(2)3)13-20(4)5/h14-15,18H,6-13H2,1-5H3,(H,19,21). The number of nitrogens with zero attached hydrogens (tertiary/aromatic N) is 1. The fourth-order valence-electron chi connectivity index (χ4n) is 3.50. The predicted octanol–water partition coefficient (Wildman–Crippen LogP) is 2.25. The van der Waals surface area contributed by atoms with Crippen LogP contribution in [0.4, 0.5) is 0 Å². The second-order valence-corrected chi connectivity index (χ2v) is 7.34. The summed E-state index contributed by atoms with van der Waals surface area (Å²) in [6, 6.07) is 0.260. The third kappa shape index (κ3) is 5.95. The largest absolute Gasteiger partial charge is 0.352 e. The van der Waals surface area contributed by atoms with E-state index in [0.717, 1.165) is 51.7 Å². The molecule has 21 heavy (non-hydrogen) atoms. The molecule has 0 aromatic heterocycles. The van der Waals surface area contributed by atoms with Crippen molar-refractivity contribution in [3.63, 3.8) is 0 Å². The Morgan fingerprint density at radius 2 is 1.90 bits per heavy atom. The van der Waals surface area contributed by atoms with E-state index in [2.05, 4.69) is 50.4 Å². The molecule has 0 saturated carbocycles. The van der Waals surface area contributed by atoms with E-state index in [0.29, 0.717) is 11.8 Å². The molecule has 0 aromatic carbocycles. The molecule has 0 aromatic rings. The lowest BCUT2D eigenvalue weighted by Gasteiger charge is -2.38. The summed E-state index contributed by atoms with van der Waals surface area (Å²) in [5.74, 6) is 0.892. The van der Waals surface area contributed by atoms with Crippen molar-refractivity contribution in [2.75, 3.05) is 33.7 Å². The number of nitrogens with one attached hydrogen (secondary N) is 2. The highest BCUT2D eigenvalue weighted by Gasteiger charge is 2.39. The van der Waals surface area contributed by atoms with Crippen LogP contribution in [0.5, 0.6) is 0 Å². The van der Waals surface area contributed by atoms with Crippen LogP contribution in [0.1, 0.15) is 52.9 Å². The number of piperidine rings is 1. The molecule has 1 aliphatic heterocycles. The van der Waals surface area contributed by atoms with Crippen LogP contribution in [0.15, 0.2) is 0 Å². The number of hydrogen-bond acceptors (Lipinski definition) is 3. The van der Waals surface area contributed by atoms with Crippen LogP contribution in [-0.4, -0.2) is 50.6 Å². The lowest BCUT2D eigenvalue weighted by molar-refractivity contribution is -0.134. The summed E-state index contributed by atoms with van der Waals surface area (Å²) in [5, 5.41) is 6.75. The second-order valence-electron chi connectivity index (χ2n) is 7.34. The average Bonchev–Trinajstić information content (AvgIpc) is 2.38. The first-order valence-electron chi connectivity index (χ1n) is 8.56. The molecule has 4 nitrogen and oxygen atoms in total. The van der Waals surface area contributed by atoms with E-state index in [1.54, 1.807) is 0 Å². The van der Waals surface area contributed by atoms with E-state index < -0.39 is 0 Å². The fourth-order valence-corrected chi connectivity index (χ4v) is 3.50. The summed E-state index contributed by atoms with van der Waals surface area (Å²) in [6.07, 6.45) is 5.09. The van der Waals surface area contributed by atoms with Gasteiger partial charge in [0.05, 0.1) is 5.41 Å². The van der Waals surface area contributed by atoms with Crippen LogP contribution in [0.2, 0.25) is 0 Å². The van der Waals surface area contributed by atoms with Gasteiger partial charge in [-0.2, -0.15) is 0 Å². The number of hydrogen-bond donors (Lipinski definition) is 2. The van der Waals surface area contributed by atoms with Gasteiger partial charge in [-0.05, 0) is 58.8 Å². The first-order chi connectivity index (χ1) is 9.89. The maximum absolute atomic E-state index is 12.9. The van der Waals surface area contributed by atoms with Crippen LogP contribution in [0.25, 0.3) is 0 Å². The normalized spacial score (nSPS) is 19.8. The van der Waals surface area contributed by atoms with Gasteiger partial charge in [0, 0.05) is 12.6 Å². The van der Waals surface area contributed by atoms with Crippen LogP contribution >= 0.6 is 0 Å². The lowest BCUT2D eigenvalue weighted by atomic mass is 9.74. The third-order valence-electron chi connectivity index (χ3n) is 4.45. The van der Waals surface area contributed by atoms with Crippen molar-refractivity contribution in [3.8, 4) is 0 Å². The van der Waals surface area contributed by atoms with Crippen LogP contribution in [-0.2, 0) is 4.79 Å². The van der Waals surface area contributed by atoms with Gasteiger partial charge in [-0.25, -0.2) is 0 Å². The molecule has 1 heterocycles. The summed E-state index contributed by atoms with van der Waals surface area (Å²) >= 11 is 0. The van der Waals surface area contributed by atoms with E-state index in [9.17, 15) is 4.79 Å². The minimum absolute atomic E-state index is 0.137. The average molecular weight is 297 g/mol. The second kappa shape index (κ2) is 8.74. The van der Waals surface area contributed by atoms with E-state index >= 15 is 0 Å². The zero-order valence-corrected chi connectivity index (χ0v) is 14.7. The predicted molar refractivity (Wildman–Crippen MR) is 89.4 cm³/mol. The summed E-state index contributed by atoms with van der Waals surface area (Å²) in [5.41, 5.74) is -0.137. The number of carbonyl (C=O) groups excluding carboxylic acids is 1. The number of rotatable bonds is 8. The molecule has 1 amide bonds. The Morgan fingerprint density at radius 3 is 2.38 bits per heavy atom. The van der Waals surface area contributed by atoms with Crippen molar-refractivity contribution in [2.45, 2.75) is 58.9 Å². The molecule has 0 bridgehead atoms. The van der Waals surface area contributed by atoms with Gasteiger partial charge < -0.3 is 15.5 Å². The summed E-state index contributed by atoms with van der Waals surface area (Å²) in [7, 11) is 4.15. The number of likely N-dealkylation sites (N-methyl/N-ethyl adjacent to an activating group) is 1. The SMILES string of the molecule is CCCC1(C(=O)NC(CC(C)C)CN(C)C)CCNCC1. The van der Waals surface area contributed by atoms with Gasteiger partial charge in [0.25, 0.3) is 0 Å². The maximum Gasteiger partial charge on any atom is 0.226 e. The monoisotopic (exact) mass is 297 g/mol. The minimum Gasteiger partial charge on any atom is -0.352 e. The smallest absolute Gasteiger partial charge is 0.226 e. The Kier molecular flexibility index (Phi) is 7.67. The number of amides is 1. The van der Waals surface area contributed by atoms with Gasteiger partial charge in [0.1, 0.15) is 0 Å². The van der Waals surface area contributed by atoms with Gasteiger partial charge in [0.15, 0.2) is 0 Å². The van der Waals surface area contributed by atoms with E-state index in [1.165, 1.54) is 0 Å². The van der Waals surface area contributed by atoms with Crippen molar-refractivity contribution in [3.05, 3.63) is 0 Å². The molecule has 0 spiro atoms. The van der Waals surface area contributed by atoms with Crippen LogP contribution in [0, 0.1) is 11.3 Å². The molecule has 0 aliphatic carbocycles. The summed E-state index contributed by atoms with van der Waals surface area (Å²) in [4.78, 5) is 15.1. The molecule has 124 valence electrons. The minimum atomic E-state index is -0.137. The quantitative estimate of drug-likeness (QED) is 0.722. The highest BCUT2D eigenvalue weighted by Crippen LogP contribution is 2.34. The molecular weight excluding hydrogens is 262 g/mol. The summed E-state index contributed by atoms with van der Waals surface area (Å²) < 4.78 is 0. The molecule has 1 fully saturated rings. The van der Waals surface area contributed by atoms with E-state index in [-0.39, 0.29) is 11.5 Å². The fraction of sp³-hybridized carbons (Fsp3) is 0.941. The van der Waals surface area contributed by atoms with Crippen molar-refractivity contribution in [1.29, 1.82) is 0 Å². The highest BCUT2D eigenvalue weighted by atomic mass is 16.2. The molecule has 1 atom stereocenters. The molecule has 2 N–H and O–H groups in total. The molecule has 1 saturated heterocycles. The summed E-state index contributed by atoms with van der Waals surface area (Å²) in [6.45, 7) is 9.49. The Labute approximate surface area is 131 Å². The highest BCUT2D eigenvalue weighted by molar-refractivity contribution is 5.83. The van der Waals surface area contributed by atoms with Gasteiger partial charge in [-0.3, -0.25) is 4.79 Å². The Balaban J connectivity index is 2.71. The molecule has 1 aliphatic rings. The molecule has 1 unspecified atom stereocenters. The van der Waals surface area contributed by atoms with E-state index in [4.69, 9.17) is 0 Å². The van der Waals surface area contributed by atoms with Crippen LogP contribution in [0.3, 0.4) is 0 Å². The first kappa shape index (κ1) is 18.4. The van der Waals surface area contributed by atoms with Crippen molar-refractivity contribution in [1.82, 2.24) is 15.5 Å². The van der Waals surface area contributed by atoms with Crippen molar-refractivity contribution < 1.29 is 4.79 Å². The van der Waals surface area contributed by atoms with Crippen molar-refractivity contribution >= 4 is 5.91 Å². The first-order valence-corrected chi connectivity index (χ1v) is 8.56. The van der Waals surface area contributed by atoms with Gasteiger partial charge >= 0.3 is 0 Å². The Morgan fingerprint density at radius 1 is 1.29 bits per heavy atom. The van der Waals surface area contributed by atoms with Crippen LogP contribution < -0.4 is 10.6 Å². The number of carbonyl (C=O) groups is 1. The van der Waals surface area contributed by atoms with Crippen molar-refractivity contribution in [2.24, 2.45) is 11.3 Å². The zero-order chi connectivity index (χ0) is 15.9. The van der Waals surface area contributed by atoms with Gasteiger partial charge in [-0.1, -0.05) is 27.2 Å². The zero-order valence-electron chi connectivity index (χ0n) is 14.7. The van der Waals surface area contributed by atoms with E-state index in [1.807, 2.05) is 0 Å². The Hall–Kier alpha value is -0.610.